The van der Waals surface area contributed by atoms with Crippen molar-refractivity contribution in [1.82, 2.24) is 0 Å². The van der Waals surface area contributed by atoms with Gasteiger partial charge in [-0.3, -0.25) is 0 Å². The van der Waals surface area contributed by atoms with Gasteiger partial charge < -0.3 is 24.7 Å². The van der Waals surface area contributed by atoms with Crippen LogP contribution in [-0.4, -0.2) is 37.9 Å². The van der Waals surface area contributed by atoms with E-state index in [1.165, 1.54) is 0 Å². The maximum Gasteiger partial charge on any atom is 0.251 e. The van der Waals surface area contributed by atoms with Crippen LogP contribution in [0.15, 0.2) is 24.0 Å². The van der Waals surface area contributed by atoms with Crippen LogP contribution in [0, 0.1) is 0 Å². The van der Waals surface area contributed by atoms with Crippen molar-refractivity contribution in [3.8, 4) is 0 Å². The first-order valence-electron chi connectivity index (χ1n) is 5.47. The quantitative estimate of drug-likeness (QED) is 0.684. The van der Waals surface area contributed by atoms with Gasteiger partial charge in [0.2, 0.25) is 0 Å². The summed E-state index contributed by atoms with van der Waals surface area (Å²) < 4.78 is 22.4. The first-order valence-corrected chi connectivity index (χ1v) is 5.47. The third-order valence-corrected chi connectivity index (χ3v) is 3.10. The van der Waals surface area contributed by atoms with E-state index in [1.807, 2.05) is 18.2 Å². The molecule has 5 nitrogen and oxygen atoms in total. The van der Waals surface area contributed by atoms with Crippen LogP contribution in [0.3, 0.4) is 0 Å². The molecule has 16 heavy (non-hydrogen) atoms. The number of rotatable bonds is 2. The smallest absolute Gasteiger partial charge is 0.251 e. The molecule has 1 fully saturated rings. The van der Waals surface area contributed by atoms with E-state index >= 15 is 0 Å². The van der Waals surface area contributed by atoms with E-state index in [1.54, 1.807) is 0 Å². The Hall–Kier alpha value is -0.880. The molecule has 2 unspecified atom stereocenters. The van der Waals surface area contributed by atoms with E-state index in [0.717, 1.165) is 6.42 Å². The molecule has 2 N–H and O–H groups in total. The van der Waals surface area contributed by atoms with Crippen LogP contribution in [0.1, 0.15) is 6.42 Å². The summed E-state index contributed by atoms with van der Waals surface area (Å²) in [5.74, 6) is -0.134. The Morgan fingerprint density at radius 1 is 1.19 bits per heavy atom. The molecule has 0 aromatic carbocycles. The zero-order valence-corrected chi connectivity index (χ0v) is 8.98. The summed E-state index contributed by atoms with van der Waals surface area (Å²) in [6, 6.07) is 0. The molecule has 4 rings (SSSR count). The maximum absolute atomic E-state index is 5.80. The van der Waals surface area contributed by atoms with Gasteiger partial charge in [0.1, 0.15) is 5.60 Å². The molecule has 3 heterocycles. The molecular formula is C11H15NO4. The van der Waals surface area contributed by atoms with Gasteiger partial charge in [-0.1, -0.05) is 0 Å². The molecule has 4 aliphatic rings. The van der Waals surface area contributed by atoms with Gasteiger partial charge in [0, 0.05) is 0 Å². The summed E-state index contributed by atoms with van der Waals surface area (Å²) in [6.45, 7) is 1.79. The number of ether oxygens (including phenoxy) is 4. The third kappa shape index (κ3) is 1.40. The molecule has 88 valence electrons. The van der Waals surface area contributed by atoms with Gasteiger partial charge in [0.15, 0.2) is 12.6 Å². The molecule has 3 aliphatic heterocycles. The highest BCUT2D eigenvalue weighted by Crippen LogP contribution is 2.41. The molecule has 0 amide bonds. The lowest BCUT2D eigenvalue weighted by Crippen LogP contribution is -2.44. The monoisotopic (exact) mass is 225 g/mol. The molecule has 1 saturated heterocycles. The molecule has 0 aromatic rings. The van der Waals surface area contributed by atoms with E-state index in [4.69, 9.17) is 24.7 Å². The molecule has 0 aromatic heterocycles. The van der Waals surface area contributed by atoms with E-state index in [2.05, 4.69) is 0 Å². The van der Waals surface area contributed by atoms with Crippen LogP contribution < -0.4 is 5.73 Å². The Morgan fingerprint density at radius 3 is 2.94 bits per heavy atom. The highest BCUT2D eigenvalue weighted by atomic mass is 16.8. The van der Waals surface area contributed by atoms with Crippen molar-refractivity contribution in [2.24, 2.45) is 5.73 Å². The second kappa shape index (κ2) is 3.56. The predicted octanol–water partition coefficient (Wildman–Crippen LogP) is 0.275. The van der Waals surface area contributed by atoms with E-state index in [-0.39, 0.29) is 6.79 Å². The van der Waals surface area contributed by atoms with Gasteiger partial charge >= 0.3 is 0 Å². The average molecular weight is 225 g/mol. The minimum Gasteiger partial charge on any atom is -0.466 e. The Balaban J connectivity index is 2.00. The minimum absolute atomic E-state index is 0.217. The molecule has 5 heteroatoms. The summed E-state index contributed by atoms with van der Waals surface area (Å²) in [5.41, 5.74) is 5.16. The zero-order valence-electron chi connectivity index (χ0n) is 8.98. The van der Waals surface area contributed by atoms with Crippen molar-refractivity contribution < 1.29 is 18.9 Å². The van der Waals surface area contributed by atoms with Crippen molar-refractivity contribution in [3.63, 3.8) is 0 Å². The summed E-state index contributed by atoms with van der Waals surface area (Å²) in [5, 5.41) is 0. The summed E-state index contributed by atoms with van der Waals surface area (Å²) in [6.07, 6.45) is 6.47. The van der Waals surface area contributed by atoms with E-state index < -0.39 is 11.4 Å². The van der Waals surface area contributed by atoms with Gasteiger partial charge in [-0.05, 0) is 31.2 Å². The van der Waals surface area contributed by atoms with Crippen LogP contribution in [0.25, 0.3) is 0 Å². The fraction of sp³-hybridized carbons (Fsp3) is 0.636. The Bertz CT molecular complexity index is 354. The number of hydrogen-bond acceptors (Lipinski definition) is 5. The van der Waals surface area contributed by atoms with Gasteiger partial charge in [-0.15, -0.1) is 0 Å². The van der Waals surface area contributed by atoms with Gasteiger partial charge in [-0.2, -0.15) is 0 Å². The molecule has 1 aliphatic carbocycles. The molecular weight excluding hydrogens is 210 g/mol. The number of nitrogens with two attached hydrogens (primary N) is 1. The third-order valence-electron chi connectivity index (χ3n) is 3.10. The molecule has 0 saturated carbocycles. The highest BCUT2D eigenvalue weighted by molar-refractivity contribution is 5.33. The lowest BCUT2D eigenvalue weighted by molar-refractivity contribution is -0.181. The lowest BCUT2D eigenvalue weighted by atomic mass is 9.90. The average Bonchev–Trinajstić information content (AvgIpc) is 2.64. The van der Waals surface area contributed by atoms with E-state index in [9.17, 15) is 0 Å². The number of hydrogen-bond donors (Lipinski definition) is 1. The zero-order chi connectivity index (χ0) is 11.1. The second-order valence-corrected chi connectivity index (χ2v) is 4.11. The first kappa shape index (κ1) is 10.3. The molecule has 2 atom stereocenters. The second-order valence-electron chi connectivity index (χ2n) is 4.11. The SMILES string of the molecule is NCCC12C=CC3(OCCO1)OCOC3=C2. The van der Waals surface area contributed by atoms with Crippen molar-refractivity contribution in [2.75, 3.05) is 26.6 Å². The van der Waals surface area contributed by atoms with Crippen LogP contribution in [0.5, 0.6) is 0 Å². The van der Waals surface area contributed by atoms with Gasteiger partial charge in [0.25, 0.3) is 5.79 Å². The normalized spacial score (nSPS) is 40.9. The van der Waals surface area contributed by atoms with Crippen molar-refractivity contribution in [2.45, 2.75) is 17.8 Å². The highest BCUT2D eigenvalue weighted by Gasteiger charge is 2.48. The Kier molecular flexibility index (Phi) is 2.29. The fourth-order valence-corrected chi connectivity index (χ4v) is 2.27. The number of fused-ring (bicyclic) bond motifs is 3. The van der Waals surface area contributed by atoms with Crippen molar-refractivity contribution >= 4 is 0 Å². The standard InChI is InChI=1S/C11H15NO4/c12-4-3-10-1-2-11(15-6-5-14-10)9(7-10)13-8-16-11/h1-2,7H,3-6,8,12H2. The molecule has 1 spiro atoms. The minimum atomic E-state index is -0.818. The van der Waals surface area contributed by atoms with Gasteiger partial charge in [-0.25, -0.2) is 0 Å². The van der Waals surface area contributed by atoms with Crippen LogP contribution in [0.4, 0.5) is 0 Å². The van der Waals surface area contributed by atoms with Crippen LogP contribution in [-0.2, 0) is 18.9 Å². The van der Waals surface area contributed by atoms with Crippen LogP contribution in [0.2, 0.25) is 0 Å². The Labute approximate surface area is 93.8 Å². The topological polar surface area (TPSA) is 62.9 Å². The lowest BCUT2D eigenvalue weighted by Gasteiger charge is -2.38. The summed E-state index contributed by atoms with van der Waals surface area (Å²) >= 11 is 0. The van der Waals surface area contributed by atoms with Gasteiger partial charge in [0.05, 0.1) is 13.2 Å². The fourth-order valence-electron chi connectivity index (χ4n) is 2.27. The van der Waals surface area contributed by atoms with Crippen molar-refractivity contribution in [1.29, 1.82) is 0 Å². The Morgan fingerprint density at radius 2 is 2.06 bits per heavy atom. The molecule has 2 bridgehead atoms. The van der Waals surface area contributed by atoms with Crippen LogP contribution >= 0.6 is 0 Å². The van der Waals surface area contributed by atoms with Crippen molar-refractivity contribution in [3.05, 3.63) is 24.0 Å². The largest absolute Gasteiger partial charge is 0.466 e. The predicted molar refractivity (Wildman–Crippen MR) is 55.3 cm³/mol. The summed E-state index contributed by atoms with van der Waals surface area (Å²) in [7, 11) is 0. The first-order chi connectivity index (χ1) is 7.79. The van der Waals surface area contributed by atoms with E-state index in [0.29, 0.717) is 25.5 Å². The summed E-state index contributed by atoms with van der Waals surface area (Å²) in [4.78, 5) is 0. The molecule has 0 radical (unpaired) electrons. The maximum atomic E-state index is 5.80.